The number of halogens is 1. The first-order chi connectivity index (χ1) is 15.7. The van der Waals surface area contributed by atoms with Crippen molar-refractivity contribution >= 4 is 34.5 Å². The molecule has 2 heterocycles. The largest absolute Gasteiger partial charge is 0.388 e. The molecule has 0 aliphatic carbocycles. The standard InChI is InChI=1S/C24H26FN5O3/c1-6-29(14-32)21(13-31)27-28(5)23-19(25)11-17-22(26-23)18(15(2)3)12-30(24(17)33)20-10-8-7-9-16(20)4/h7-12,14,31H,2,6,13H2,1,3-5H3/b27-21-. The van der Waals surface area contributed by atoms with Gasteiger partial charge in [-0.25, -0.2) is 14.4 Å². The molecule has 3 rings (SSSR count). The van der Waals surface area contributed by atoms with E-state index in [2.05, 4.69) is 16.7 Å². The average molecular weight is 452 g/mol. The minimum Gasteiger partial charge on any atom is -0.388 e. The molecule has 1 amide bonds. The zero-order valence-electron chi connectivity index (χ0n) is 19.0. The van der Waals surface area contributed by atoms with Gasteiger partial charge in [0, 0.05) is 25.4 Å². The second kappa shape index (κ2) is 9.74. The van der Waals surface area contributed by atoms with Crippen molar-refractivity contribution in [3.63, 3.8) is 0 Å². The van der Waals surface area contributed by atoms with E-state index in [1.54, 1.807) is 20.0 Å². The molecule has 0 spiro atoms. The molecule has 0 saturated heterocycles. The number of carbonyl (C=O) groups is 1. The van der Waals surface area contributed by atoms with Gasteiger partial charge in [0.2, 0.25) is 6.41 Å². The SMILES string of the molecule is C=C(C)c1cn(-c2ccccc2C)c(=O)c2cc(F)c(N(C)/N=C(/CO)N(C=O)CC)nc12. The molecule has 8 nitrogen and oxygen atoms in total. The summed E-state index contributed by atoms with van der Waals surface area (Å²) in [5.74, 6) is -0.898. The Morgan fingerprint density at radius 2 is 2.06 bits per heavy atom. The highest BCUT2D eigenvalue weighted by Crippen LogP contribution is 2.27. The van der Waals surface area contributed by atoms with Gasteiger partial charge >= 0.3 is 0 Å². The average Bonchev–Trinajstić information content (AvgIpc) is 2.79. The number of para-hydroxylation sites is 1. The molecule has 0 aliphatic rings. The lowest BCUT2D eigenvalue weighted by Gasteiger charge is -2.21. The Morgan fingerprint density at radius 1 is 1.36 bits per heavy atom. The second-order valence-electron chi connectivity index (χ2n) is 7.56. The van der Waals surface area contributed by atoms with Crippen molar-refractivity contribution < 1.29 is 14.3 Å². The summed E-state index contributed by atoms with van der Waals surface area (Å²) >= 11 is 0. The Balaban J connectivity index is 2.26. The lowest BCUT2D eigenvalue weighted by atomic mass is 10.1. The van der Waals surface area contributed by atoms with E-state index in [0.717, 1.165) is 16.6 Å². The molecule has 9 heteroatoms. The number of anilines is 1. The van der Waals surface area contributed by atoms with Crippen LogP contribution in [0.1, 0.15) is 25.0 Å². The summed E-state index contributed by atoms with van der Waals surface area (Å²) in [5.41, 5.74) is 2.66. The first kappa shape index (κ1) is 23.8. The summed E-state index contributed by atoms with van der Waals surface area (Å²) in [5, 5.41) is 14.9. The molecule has 0 aliphatic heterocycles. The molecule has 1 aromatic carbocycles. The fraction of sp³-hybridized carbons (Fsp3) is 0.250. The van der Waals surface area contributed by atoms with Crippen LogP contribution in [0.3, 0.4) is 0 Å². The third-order valence-electron chi connectivity index (χ3n) is 5.27. The number of likely N-dealkylation sites (N-methyl/N-ethyl adjacent to an activating group) is 1. The van der Waals surface area contributed by atoms with E-state index < -0.39 is 18.0 Å². The van der Waals surface area contributed by atoms with Gasteiger partial charge in [0.25, 0.3) is 5.56 Å². The molecule has 172 valence electrons. The van der Waals surface area contributed by atoms with Crippen molar-refractivity contribution in [2.75, 3.05) is 25.2 Å². The van der Waals surface area contributed by atoms with Gasteiger partial charge in [-0.15, -0.1) is 0 Å². The molecular formula is C24H26FN5O3. The number of pyridine rings is 2. The highest BCUT2D eigenvalue weighted by Gasteiger charge is 2.19. The van der Waals surface area contributed by atoms with E-state index in [9.17, 15) is 14.7 Å². The third-order valence-corrected chi connectivity index (χ3v) is 5.27. The van der Waals surface area contributed by atoms with E-state index in [1.807, 2.05) is 31.2 Å². The summed E-state index contributed by atoms with van der Waals surface area (Å²) < 4.78 is 16.6. The number of amidine groups is 1. The lowest BCUT2D eigenvalue weighted by molar-refractivity contribution is -0.114. The van der Waals surface area contributed by atoms with Gasteiger partial charge in [-0.05, 0) is 44.0 Å². The predicted octanol–water partition coefficient (Wildman–Crippen LogP) is 3.09. The number of nitrogens with zero attached hydrogens (tertiary/aromatic N) is 5. The lowest BCUT2D eigenvalue weighted by Crippen LogP contribution is -2.34. The Labute approximate surface area is 190 Å². The van der Waals surface area contributed by atoms with Gasteiger partial charge in [-0.3, -0.25) is 19.1 Å². The number of hydrogen-bond donors (Lipinski definition) is 1. The third kappa shape index (κ3) is 4.54. The number of carbonyl (C=O) groups excluding carboxylic acids is 1. The fourth-order valence-corrected chi connectivity index (χ4v) is 3.50. The smallest absolute Gasteiger partial charge is 0.264 e. The van der Waals surface area contributed by atoms with E-state index in [1.165, 1.54) is 16.5 Å². The van der Waals surface area contributed by atoms with Crippen LogP contribution in [0.4, 0.5) is 10.2 Å². The molecule has 0 unspecified atom stereocenters. The number of benzene rings is 1. The van der Waals surface area contributed by atoms with Crippen LogP contribution in [-0.4, -0.2) is 52.0 Å². The van der Waals surface area contributed by atoms with Gasteiger partial charge in [0.05, 0.1) is 16.6 Å². The second-order valence-corrected chi connectivity index (χ2v) is 7.56. The molecule has 0 bridgehead atoms. The summed E-state index contributed by atoms with van der Waals surface area (Å²) in [6.07, 6.45) is 2.18. The van der Waals surface area contributed by atoms with Crippen LogP contribution in [0.5, 0.6) is 0 Å². The van der Waals surface area contributed by atoms with Gasteiger partial charge in [-0.2, -0.15) is 5.10 Å². The fourth-order valence-electron chi connectivity index (χ4n) is 3.50. The number of hydrazone groups is 1. The first-order valence-electron chi connectivity index (χ1n) is 10.3. The minimum atomic E-state index is -0.771. The van der Waals surface area contributed by atoms with Crippen molar-refractivity contribution in [2.24, 2.45) is 5.10 Å². The number of aliphatic hydroxyl groups is 1. The first-order valence-corrected chi connectivity index (χ1v) is 10.3. The Hall–Kier alpha value is -3.85. The molecule has 33 heavy (non-hydrogen) atoms. The normalized spacial score (nSPS) is 11.5. The van der Waals surface area contributed by atoms with Crippen LogP contribution < -0.4 is 10.6 Å². The van der Waals surface area contributed by atoms with Crippen molar-refractivity contribution in [2.45, 2.75) is 20.8 Å². The van der Waals surface area contributed by atoms with Gasteiger partial charge in [0.15, 0.2) is 17.5 Å². The van der Waals surface area contributed by atoms with Crippen LogP contribution >= 0.6 is 0 Å². The van der Waals surface area contributed by atoms with Crippen LogP contribution in [-0.2, 0) is 4.79 Å². The summed E-state index contributed by atoms with van der Waals surface area (Å²) in [6.45, 7) is 9.14. The highest BCUT2D eigenvalue weighted by molar-refractivity contribution is 5.93. The van der Waals surface area contributed by atoms with E-state index in [0.29, 0.717) is 23.2 Å². The summed E-state index contributed by atoms with van der Waals surface area (Å²) in [4.78, 5) is 30.1. The quantitative estimate of drug-likeness (QED) is 0.258. The number of amides is 1. The molecular weight excluding hydrogens is 425 g/mol. The number of allylic oxidation sites excluding steroid dienone is 1. The number of fused-ring (bicyclic) bond motifs is 1. The summed E-state index contributed by atoms with van der Waals surface area (Å²) in [6, 6.07) is 8.53. The Bertz CT molecular complexity index is 1320. The van der Waals surface area contributed by atoms with Crippen LogP contribution in [0.15, 0.2) is 53.0 Å². The van der Waals surface area contributed by atoms with Crippen molar-refractivity contribution in [1.82, 2.24) is 14.5 Å². The van der Waals surface area contributed by atoms with Crippen molar-refractivity contribution in [1.29, 1.82) is 0 Å². The predicted molar refractivity (Wildman–Crippen MR) is 128 cm³/mol. The zero-order valence-corrected chi connectivity index (χ0v) is 19.0. The number of aliphatic hydroxyl groups excluding tert-OH is 1. The van der Waals surface area contributed by atoms with Crippen molar-refractivity contribution in [3.05, 3.63) is 70.4 Å². The van der Waals surface area contributed by atoms with Gasteiger partial charge in [-0.1, -0.05) is 24.8 Å². The topological polar surface area (TPSA) is 91.0 Å². The molecule has 0 atom stereocenters. The Morgan fingerprint density at radius 3 is 2.64 bits per heavy atom. The maximum atomic E-state index is 15.1. The van der Waals surface area contributed by atoms with Crippen LogP contribution in [0, 0.1) is 12.7 Å². The molecule has 3 aromatic rings. The molecule has 1 N–H and O–H groups in total. The number of hydrogen-bond acceptors (Lipinski definition) is 6. The molecule has 0 radical (unpaired) electrons. The number of aryl methyl sites for hydroxylation is 1. The highest BCUT2D eigenvalue weighted by atomic mass is 19.1. The monoisotopic (exact) mass is 451 g/mol. The number of aromatic nitrogens is 2. The van der Waals surface area contributed by atoms with Crippen LogP contribution in [0.2, 0.25) is 0 Å². The van der Waals surface area contributed by atoms with E-state index >= 15 is 4.39 Å². The minimum absolute atomic E-state index is 0.0337. The molecule has 0 saturated carbocycles. The maximum absolute atomic E-state index is 15.1. The van der Waals surface area contributed by atoms with Crippen molar-refractivity contribution in [3.8, 4) is 5.69 Å². The van der Waals surface area contributed by atoms with Crippen LogP contribution in [0.25, 0.3) is 22.2 Å². The Kier molecular flexibility index (Phi) is 7.03. The van der Waals surface area contributed by atoms with Gasteiger partial charge in [0.1, 0.15) is 6.61 Å². The summed E-state index contributed by atoms with van der Waals surface area (Å²) in [7, 11) is 1.44. The molecule has 0 fully saturated rings. The maximum Gasteiger partial charge on any atom is 0.264 e. The molecule has 2 aromatic heterocycles. The number of rotatable bonds is 7. The van der Waals surface area contributed by atoms with Gasteiger partial charge < -0.3 is 5.11 Å². The zero-order chi connectivity index (χ0) is 24.3. The van der Waals surface area contributed by atoms with E-state index in [4.69, 9.17) is 0 Å². The van der Waals surface area contributed by atoms with E-state index in [-0.39, 0.29) is 29.1 Å².